The molecule has 1 aromatic rings. The van der Waals surface area contributed by atoms with Crippen LogP contribution < -0.4 is 0 Å². The summed E-state index contributed by atoms with van der Waals surface area (Å²) in [6.45, 7) is -0.325. The molecule has 0 saturated carbocycles. The zero-order valence-corrected chi connectivity index (χ0v) is 6.26. The molecule has 0 aliphatic carbocycles. The second kappa shape index (κ2) is 3.96. The maximum absolute atomic E-state index is 11.7. The predicted octanol–water partition coefficient (Wildman–Crippen LogP) is 2.29. The molecule has 0 spiro atoms. The Morgan fingerprint density at radius 2 is 2.00 bits per heavy atom. The van der Waals surface area contributed by atoms with Crippen molar-refractivity contribution in [2.45, 2.75) is 12.8 Å². The number of hydrogen-bond donors (Lipinski definition) is 1. The highest BCUT2D eigenvalue weighted by molar-refractivity contribution is 5.31. The lowest BCUT2D eigenvalue weighted by atomic mass is 10.1. The molecule has 0 fully saturated rings. The summed E-state index contributed by atoms with van der Waals surface area (Å²) >= 11 is 0. The minimum atomic E-state index is -0.325. The van der Waals surface area contributed by atoms with E-state index in [-0.39, 0.29) is 12.4 Å². The highest BCUT2D eigenvalue weighted by Gasteiger charge is 1.97. The number of hydrogen-bond acceptors (Lipinski definition) is 1. The average molecular weight is 154 g/mol. The van der Waals surface area contributed by atoms with Gasteiger partial charge in [0.2, 0.25) is 0 Å². The Kier molecular flexibility index (Phi) is 2.90. The van der Waals surface area contributed by atoms with Gasteiger partial charge < -0.3 is 5.11 Å². The number of para-hydroxylation sites is 1. The average Bonchev–Trinajstić information content (AvgIpc) is 2.03. The molecule has 0 amide bonds. The van der Waals surface area contributed by atoms with Crippen LogP contribution in [0.2, 0.25) is 0 Å². The van der Waals surface area contributed by atoms with E-state index in [0.29, 0.717) is 12.8 Å². The van der Waals surface area contributed by atoms with Crippen LogP contribution in [0.5, 0.6) is 5.75 Å². The Balaban J connectivity index is 2.62. The monoisotopic (exact) mass is 154 g/mol. The first-order chi connectivity index (χ1) is 5.34. The molecule has 0 radical (unpaired) electrons. The Labute approximate surface area is 65.5 Å². The molecule has 60 valence electrons. The molecule has 0 atom stereocenters. The summed E-state index contributed by atoms with van der Waals surface area (Å²) in [4.78, 5) is 0. The molecule has 0 aliphatic rings. The van der Waals surface area contributed by atoms with Crippen molar-refractivity contribution in [3.05, 3.63) is 29.8 Å². The quantitative estimate of drug-likeness (QED) is 0.708. The van der Waals surface area contributed by atoms with Gasteiger partial charge in [0.05, 0.1) is 6.67 Å². The molecule has 0 unspecified atom stereocenters. The summed E-state index contributed by atoms with van der Waals surface area (Å²) < 4.78 is 11.7. The summed E-state index contributed by atoms with van der Waals surface area (Å²) in [5, 5.41) is 9.21. The van der Waals surface area contributed by atoms with Crippen molar-refractivity contribution in [1.29, 1.82) is 0 Å². The minimum Gasteiger partial charge on any atom is -0.508 e. The van der Waals surface area contributed by atoms with E-state index in [2.05, 4.69) is 0 Å². The smallest absolute Gasteiger partial charge is 0.118 e. The largest absolute Gasteiger partial charge is 0.508 e. The minimum absolute atomic E-state index is 0.265. The van der Waals surface area contributed by atoms with Gasteiger partial charge in [0, 0.05) is 0 Å². The lowest BCUT2D eigenvalue weighted by Gasteiger charge is -2.00. The number of phenolic OH excluding ortho intramolecular Hbond substituents is 1. The van der Waals surface area contributed by atoms with Gasteiger partial charge in [-0.1, -0.05) is 18.2 Å². The molecule has 1 aromatic carbocycles. The summed E-state index contributed by atoms with van der Waals surface area (Å²) in [6, 6.07) is 7.03. The number of aryl methyl sites for hydroxylation is 1. The molecule has 0 saturated heterocycles. The normalized spacial score (nSPS) is 9.91. The SMILES string of the molecule is Oc1ccccc1CCCF. The summed E-state index contributed by atoms with van der Waals surface area (Å²) in [7, 11) is 0. The first-order valence-electron chi connectivity index (χ1n) is 3.67. The fourth-order valence-electron chi connectivity index (χ4n) is 0.979. The van der Waals surface area contributed by atoms with E-state index in [1.165, 1.54) is 0 Å². The molecule has 11 heavy (non-hydrogen) atoms. The zero-order chi connectivity index (χ0) is 8.10. The van der Waals surface area contributed by atoms with E-state index >= 15 is 0 Å². The lowest BCUT2D eigenvalue weighted by Crippen LogP contribution is -1.86. The molecule has 1 rings (SSSR count). The van der Waals surface area contributed by atoms with E-state index in [1.807, 2.05) is 12.1 Å². The standard InChI is InChI=1S/C9H11FO/c10-7-3-5-8-4-1-2-6-9(8)11/h1-2,4,6,11H,3,5,7H2. The molecule has 0 bridgehead atoms. The molecule has 0 heterocycles. The second-order valence-electron chi connectivity index (χ2n) is 2.42. The van der Waals surface area contributed by atoms with Crippen molar-refractivity contribution >= 4 is 0 Å². The van der Waals surface area contributed by atoms with Crippen LogP contribution in [0.25, 0.3) is 0 Å². The predicted molar refractivity (Wildman–Crippen MR) is 42.4 cm³/mol. The van der Waals surface area contributed by atoms with Crippen LogP contribution in [0.4, 0.5) is 4.39 Å². The van der Waals surface area contributed by atoms with E-state index < -0.39 is 0 Å². The maximum atomic E-state index is 11.7. The summed E-state index contributed by atoms with van der Waals surface area (Å²) in [6.07, 6.45) is 1.10. The van der Waals surface area contributed by atoms with Crippen LogP contribution in [0.1, 0.15) is 12.0 Å². The molecular formula is C9H11FO. The van der Waals surface area contributed by atoms with Crippen LogP contribution >= 0.6 is 0 Å². The van der Waals surface area contributed by atoms with Gasteiger partial charge >= 0.3 is 0 Å². The van der Waals surface area contributed by atoms with Crippen molar-refractivity contribution in [2.24, 2.45) is 0 Å². The van der Waals surface area contributed by atoms with Crippen LogP contribution in [0, 0.1) is 0 Å². The Hall–Kier alpha value is -1.05. The zero-order valence-electron chi connectivity index (χ0n) is 6.26. The highest BCUT2D eigenvalue weighted by Crippen LogP contribution is 2.16. The van der Waals surface area contributed by atoms with Gasteiger partial charge in [-0.15, -0.1) is 0 Å². The van der Waals surface area contributed by atoms with Crippen molar-refractivity contribution < 1.29 is 9.50 Å². The Bertz CT molecular complexity index is 223. The maximum Gasteiger partial charge on any atom is 0.118 e. The molecule has 1 nitrogen and oxygen atoms in total. The van der Waals surface area contributed by atoms with Crippen molar-refractivity contribution in [3.63, 3.8) is 0 Å². The van der Waals surface area contributed by atoms with Crippen molar-refractivity contribution in [1.82, 2.24) is 0 Å². The van der Waals surface area contributed by atoms with E-state index in [4.69, 9.17) is 0 Å². The number of aromatic hydroxyl groups is 1. The third kappa shape index (κ3) is 2.22. The topological polar surface area (TPSA) is 20.2 Å². The molecular weight excluding hydrogens is 143 g/mol. The first kappa shape index (κ1) is 8.05. The van der Waals surface area contributed by atoms with Crippen LogP contribution in [-0.2, 0) is 6.42 Å². The number of halogens is 1. The van der Waals surface area contributed by atoms with Crippen LogP contribution in [-0.4, -0.2) is 11.8 Å². The number of phenols is 1. The summed E-state index contributed by atoms with van der Waals surface area (Å²) in [5.41, 5.74) is 0.824. The van der Waals surface area contributed by atoms with Gasteiger partial charge in [-0.05, 0) is 24.5 Å². The van der Waals surface area contributed by atoms with Gasteiger partial charge in [0.15, 0.2) is 0 Å². The molecule has 0 aliphatic heterocycles. The second-order valence-corrected chi connectivity index (χ2v) is 2.42. The van der Waals surface area contributed by atoms with Gasteiger partial charge in [-0.2, -0.15) is 0 Å². The number of rotatable bonds is 3. The number of alkyl halides is 1. The van der Waals surface area contributed by atoms with Crippen molar-refractivity contribution in [2.75, 3.05) is 6.67 Å². The van der Waals surface area contributed by atoms with E-state index in [1.54, 1.807) is 12.1 Å². The third-order valence-electron chi connectivity index (χ3n) is 1.57. The van der Waals surface area contributed by atoms with Gasteiger partial charge in [-0.25, -0.2) is 0 Å². The highest BCUT2D eigenvalue weighted by atomic mass is 19.1. The van der Waals surface area contributed by atoms with Crippen molar-refractivity contribution in [3.8, 4) is 5.75 Å². The van der Waals surface area contributed by atoms with Gasteiger partial charge in [-0.3, -0.25) is 4.39 Å². The molecule has 1 N–H and O–H groups in total. The van der Waals surface area contributed by atoms with E-state index in [0.717, 1.165) is 5.56 Å². The fourth-order valence-corrected chi connectivity index (χ4v) is 0.979. The van der Waals surface area contributed by atoms with Crippen LogP contribution in [0.15, 0.2) is 24.3 Å². The van der Waals surface area contributed by atoms with Gasteiger partial charge in [0.1, 0.15) is 5.75 Å². The van der Waals surface area contributed by atoms with Gasteiger partial charge in [0.25, 0.3) is 0 Å². The third-order valence-corrected chi connectivity index (χ3v) is 1.57. The number of benzene rings is 1. The van der Waals surface area contributed by atoms with Crippen LogP contribution in [0.3, 0.4) is 0 Å². The fraction of sp³-hybridized carbons (Fsp3) is 0.333. The lowest BCUT2D eigenvalue weighted by molar-refractivity contribution is 0.452. The van der Waals surface area contributed by atoms with E-state index in [9.17, 15) is 9.50 Å². The Morgan fingerprint density at radius 1 is 1.27 bits per heavy atom. The first-order valence-corrected chi connectivity index (χ1v) is 3.67. The summed E-state index contributed by atoms with van der Waals surface area (Å²) in [5.74, 6) is 0.265. The Morgan fingerprint density at radius 3 is 2.64 bits per heavy atom. The molecule has 0 aromatic heterocycles. The molecule has 2 heteroatoms.